The fraction of sp³-hybridized carbons (Fsp3) is 0.286. The lowest BCUT2D eigenvalue weighted by molar-refractivity contribution is -0.137. The number of nitrogen functional groups attached to an aromatic ring is 1. The van der Waals surface area contributed by atoms with Gasteiger partial charge in [0, 0.05) is 30.7 Å². The number of halogens is 3. The highest BCUT2D eigenvalue weighted by atomic mass is 19.4. The van der Waals surface area contributed by atoms with E-state index < -0.39 is 23.6 Å². The van der Waals surface area contributed by atoms with Crippen molar-refractivity contribution in [3.63, 3.8) is 0 Å². The average molecular weight is 541 g/mol. The average Bonchev–Trinajstić information content (AvgIpc) is 2.90. The highest BCUT2D eigenvalue weighted by Gasteiger charge is 2.35. The molecule has 0 radical (unpaired) electrons. The summed E-state index contributed by atoms with van der Waals surface area (Å²) < 4.78 is 47.6. The molecule has 8 nitrogen and oxygen atoms in total. The summed E-state index contributed by atoms with van der Waals surface area (Å²) in [6.45, 7) is 8.81. The summed E-state index contributed by atoms with van der Waals surface area (Å²) in [7, 11) is 1.52. The second kappa shape index (κ2) is 12.0. The Kier molecular flexibility index (Phi) is 8.95. The second-order valence-corrected chi connectivity index (χ2v) is 8.81. The number of alkyl halides is 3. The summed E-state index contributed by atoms with van der Waals surface area (Å²) >= 11 is 0. The molecule has 0 saturated heterocycles. The normalized spacial score (nSPS) is 14.7. The third kappa shape index (κ3) is 6.54. The van der Waals surface area contributed by atoms with Crippen LogP contribution in [-0.2, 0) is 10.9 Å². The van der Waals surface area contributed by atoms with Crippen molar-refractivity contribution in [2.45, 2.75) is 46.8 Å². The van der Waals surface area contributed by atoms with Gasteiger partial charge in [0.2, 0.25) is 5.95 Å². The summed E-state index contributed by atoms with van der Waals surface area (Å²) in [6.07, 6.45) is -0.666. The van der Waals surface area contributed by atoms with Crippen LogP contribution in [0.15, 0.2) is 64.2 Å². The Labute approximate surface area is 224 Å². The Morgan fingerprint density at radius 1 is 1.21 bits per heavy atom. The number of ether oxygens (including phenoxy) is 1. The zero-order valence-electron chi connectivity index (χ0n) is 22.6. The van der Waals surface area contributed by atoms with Gasteiger partial charge in [-0.05, 0) is 62.3 Å². The third-order valence-corrected chi connectivity index (χ3v) is 6.20. The van der Waals surface area contributed by atoms with Crippen molar-refractivity contribution in [2.24, 2.45) is 4.99 Å². The smallest absolute Gasteiger partial charge is 0.421 e. The summed E-state index contributed by atoms with van der Waals surface area (Å²) in [4.78, 5) is 25.7. The van der Waals surface area contributed by atoms with Crippen LogP contribution >= 0.6 is 0 Å². The molecule has 0 bridgehead atoms. The Morgan fingerprint density at radius 2 is 1.87 bits per heavy atom. The lowest BCUT2D eigenvalue weighted by Crippen LogP contribution is -2.47. The molecule has 39 heavy (non-hydrogen) atoms. The van der Waals surface area contributed by atoms with E-state index in [4.69, 9.17) is 10.5 Å². The van der Waals surface area contributed by atoms with Gasteiger partial charge in [-0.25, -0.2) is 9.98 Å². The molecule has 2 aromatic heterocycles. The van der Waals surface area contributed by atoms with Gasteiger partial charge in [-0.15, -0.1) is 0 Å². The van der Waals surface area contributed by atoms with Crippen molar-refractivity contribution < 1.29 is 17.9 Å². The summed E-state index contributed by atoms with van der Waals surface area (Å²) in [5.74, 6) is -0.326. The molecular formula is C28H31F3N6O2. The third-order valence-electron chi connectivity index (χ3n) is 6.20. The Morgan fingerprint density at radius 3 is 2.46 bits per heavy atom. The molecule has 11 heteroatoms. The van der Waals surface area contributed by atoms with Crippen molar-refractivity contribution in [3.05, 3.63) is 86.4 Å². The van der Waals surface area contributed by atoms with E-state index in [1.165, 1.54) is 11.7 Å². The molecule has 0 aliphatic heterocycles. The highest BCUT2D eigenvalue weighted by Crippen LogP contribution is 2.35. The van der Waals surface area contributed by atoms with Gasteiger partial charge in [0.05, 0.1) is 18.4 Å². The SMILES string of the molecule is CC=c1cc(C(C)Nc2nc(N)ncc2C(F)(F)F)n(-c2ccccc2)c(=O)c1=C(C)C(C)=CN=C(C)OC. The van der Waals surface area contributed by atoms with Crippen molar-refractivity contribution in [3.8, 4) is 5.69 Å². The highest BCUT2D eigenvalue weighted by molar-refractivity contribution is 5.74. The first kappa shape index (κ1) is 29.2. The van der Waals surface area contributed by atoms with Crippen molar-refractivity contribution in [1.29, 1.82) is 0 Å². The molecule has 0 fully saturated rings. The van der Waals surface area contributed by atoms with E-state index in [-0.39, 0.29) is 11.5 Å². The quantitative estimate of drug-likeness (QED) is 0.356. The molecule has 3 aromatic rings. The summed E-state index contributed by atoms with van der Waals surface area (Å²) in [6, 6.07) is 9.87. The van der Waals surface area contributed by atoms with E-state index in [9.17, 15) is 18.0 Å². The van der Waals surface area contributed by atoms with E-state index >= 15 is 0 Å². The number of aliphatic imine (C=N–C) groups is 1. The predicted molar refractivity (Wildman–Crippen MR) is 148 cm³/mol. The fourth-order valence-corrected chi connectivity index (χ4v) is 3.94. The standard InChI is InChI=1S/C28H31F3N6O2/c1-7-20-13-23(18(4)35-25-22(28(29,30)31)15-34-27(32)36-25)37(21-11-9-8-10-12-21)26(38)24(20)17(3)16(2)14-33-19(5)39-6/h7-15,18H,1-6H3,(H3,32,34,35,36). The van der Waals surface area contributed by atoms with Gasteiger partial charge < -0.3 is 15.8 Å². The predicted octanol–water partition coefficient (Wildman–Crippen LogP) is 4.34. The molecule has 0 amide bonds. The molecule has 2 heterocycles. The minimum absolute atomic E-state index is 0.310. The largest absolute Gasteiger partial charge is 0.484 e. The molecule has 0 saturated carbocycles. The number of allylic oxidation sites excluding steroid dienone is 1. The van der Waals surface area contributed by atoms with Crippen molar-refractivity contribution in [1.82, 2.24) is 14.5 Å². The maximum absolute atomic E-state index is 14.1. The van der Waals surface area contributed by atoms with E-state index in [1.807, 2.05) is 19.9 Å². The first-order chi connectivity index (χ1) is 18.4. The van der Waals surface area contributed by atoms with Gasteiger partial charge in [-0.2, -0.15) is 18.2 Å². The maximum Gasteiger partial charge on any atom is 0.421 e. The number of hydrogen-bond acceptors (Lipinski definition) is 7. The molecular weight excluding hydrogens is 509 g/mol. The van der Waals surface area contributed by atoms with Crippen LogP contribution in [0.4, 0.5) is 24.9 Å². The number of nitrogens with zero attached hydrogens (tertiary/aromatic N) is 4. The molecule has 3 rings (SSSR count). The number of rotatable bonds is 6. The van der Waals surface area contributed by atoms with Crippen LogP contribution < -0.4 is 27.0 Å². The van der Waals surface area contributed by atoms with Crippen LogP contribution in [0.2, 0.25) is 0 Å². The topological polar surface area (TPSA) is 107 Å². The molecule has 206 valence electrons. The number of pyridine rings is 1. The van der Waals surface area contributed by atoms with Crippen LogP contribution in [0.5, 0.6) is 0 Å². The number of nitrogens with two attached hydrogens (primary N) is 1. The first-order valence-corrected chi connectivity index (χ1v) is 12.1. The second-order valence-electron chi connectivity index (χ2n) is 8.81. The monoisotopic (exact) mass is 540 g/mol. The van der Waals surface area contributed by atoms with Gasteiger partial charge in [0.15, 0.2) is 5.90 Å². The maximum atomic E-state index is 14.1. The molecule has 0 aliphatic carbocycles. The summed E-state index contributed by atoms with van der Waals surface area (Å²) in [5.41, 5.74) is 6.62. The number of anilines is 2. The van der Waals surface area contributed by atoms with E-state index in [0.29, 0.717) is 39.5 Å². The van der Waals surface area contributed by atoms with Gasteiger partial charge in [0.25, 0.3) is 5.56 Å². The van der Waals surface area contributed by atoms with Crippen molar-refractivity contribution in [2.75, 3.05) is 18.2 Å². The minimum Gasteiger partial charge on any atom is -0.484 e. The zero-order chi connectivity index (χ0) is 28.9. The van der Waals surface area contributed by atoms with Gasteiger partial charge >= 0.3 is 6.18 Å². The van der Waals surface area contributed by atoms with Crippen LogP contribution in [0.3, 0.4) is 0 Å². The zero-order valence-corrected chi connectivity index (χ0v) is 22.6. The molecule has 0 spiro atoms. The van der Waals surface area contributed by atoms with Gasteiger partial charge in [-0.1, -0.05) is 24.3 Å². The first-order valence-electron chi connectivity index (χ1n) is 12.1. The van der Waals surface area contributed by atoms with Gasteiger partial charge in [-0.3, -0.25) is 9.36 Å². The lowest BCUT2D eigenvalue weighted by Gasteiger charge is -2.22. The summed E-state index contributed by atoms with van der Waals surface area (Å²) in [5, 5.41) is 3.86. The number of aromatic nitrogens is 3. The van der Waals surface area contributed by atoms with Crippen molar-refractivity contribution >= 4 is 29.3 Å². The number of para-hydroxylation sites is 1. The van der Waals surface area contributed by atoms with Crippen LogP contribution in [0.25, 0.3) is 17.3 Å². The lowest BCUT2D eigenvalue weighted by atomic mass is 10.0. The molecule has 0 aliphatic rings. The number of hydrogen-bond donors (Lipinski definition) is 2. The van der Waals surface area contributed by atoms with Crippen LogP contribution in [0, 0.1) is 0 Å². The molecule has 1 aromatic carbocycles. The van der Waals surface area contributed by atoms with Crippen LogP contribution in [0.1, 0.15) is 51.9 Å². The molecule has 1 atom stereocenters. The number of benzene rings is 1. The van der Waals surface area contributed by atoms with Gasteiger partial charge in [0.1, 0.15) is 11.4 Å². The molecule has 1 unspecified atom stereocenters. The Hall–Kier alpha value is -4.41. The number of methoxy groups -OCH3 is 1. The number of nitrogens with one attached hydrogen (secondary N) is 1. The molecule has 3 N–H and O–H groups in total. The van der Waals surface area contributed by atoms with E-state index in [0.717, 1.165) is 5.57 Å². The van der Waals surface area contributed by atoms with Crippen LogP contribution in [-0.4, -0.2) is 27.5 Å². The van der Waals surface area contributed by atoms with E-state index in [2.05, 4.69) is 20.3 Å². The Bertz CT molecular complexity index is 1590. The Balaban J connectivity index is 2.33. The minimum atomic E-state index is -4.71. The van der Waals surface area contributed by atoms with E-state index in [1.54, 1.807) is 63.4 Å². The fourth-order valence-electron chi connectivity index (χ4n) is 3.94.